The molecule has 0 rings (SSSR count). The summed E-state index contributed by atoms with van der Waals surface area (Å²) in [6.45, 7) is 7.90. The van der Waals surface area contributed by atoms with Crippen LogP contribution in [0.1, 0.15) is 33.1 Å². The van der Waals surface area contributed by atoms with Gasteiger partial charge in [-0.15, -0.1) is 6.58 Å². The third-order valence-electron chi connectivity index (χ3n) is 1.57. The largest absolute Gasteiger partial charge is 0.103 e. The first-order chi connectivity index (χ1) is 5.31. The highest BCUT2D eigenvalue weighted by molar-refractivity contribution is 5.02. The van der Waals surface area contributed by atoms with Crippen LogP contribution in [0.3, 0.4) is 0 Å². The lowest BCUT2D eigenvalue weighted by Gasteiger charge is -1.95. The average Bonchev–Trinajstić information content (AvgIpc) is 2.01. The molecular weight excluding hydrogens is 132 g/mol. The summed E-state index contributed by atoms with van der Waals surface area (Å²) in [6, 6.07) is 0. The standard InChI is InChI=1S/C11H18/c1-4-6-8-10-11(3)9-7-5-2/h4-6,9H,2,7-8,10H2,1,3H3/b6-4+,11-9+. The Bertz CT molecular complexity index is 149. The van der Waals surface area contributed by atoms with Crippen molar-refractivity contribution in [3.63, 3.8) is 0 Å². The van der Waals surface area contributed by atoms with E-state index < -0.39 is 0 Å². The van der Waals surface area contributed by atoms with Crippen LogP contribution >= 0.6 is 0 Å². The molecule has 0 aromatic heterocycles. The molecule has 62 valence electrons. The van der Waals surface area contributed by atoms with E-state index in [1.54, 1.807) is 0 Å². The first-order valence-electron chi connectivity index (χ1n) is 4.19. The second-order valence-corrected chi connectivity index (χ2v) is 2.68. The van der Waals surface area contributed by atoms with E-state index in [4.69, 9.17) is 0 Å². The third kappa shape index (κ3) is 7.11. The molecule has 0 aliphatic rings. The molecule has 0 heteroatoms. The highest BCUT2D eigenvalue weighted by Crippen LogP contribution is 2.05. The lowest BCUT2D eigenvalue weighted by Crippen LogP contribution is -1.74. The molecule has 0 bridgehead atoms. The highest BCUT2D eigenvalue weighted by atomic mass is 13.9. The molecule has 0 N–H and O–H groups in total. The number of rotatable bonds is 5. The summed E-state index contributed by atoms with van der Waals surface area (Å²) in [6.07, 6.45) is 11.8. The Morgan fingerprint density at radius 2 is 2.18 bits per heavy atom. The normalized spacial score (nSPS) is 12.4. The molecule has 0 heterocycles. The van der Waals surface area contributed by atoms with E-state index in [-0.39, 0.29) is 0 Å². The minimum Gasteiger partial charge on any atom is -0.103 e. The van der Waals surface area contributed by atoms with Gasteiger partial charge in [-0.2, -0.15) is 0 Å². The minimum atomic E-state index is 1.00. The van der Waals surface area contributed by atoms with E-state index in [1.807, 2.05) is 6.08 Å². The Morgan fingerprint density at radius 1 is 1.45 bits per heavy atom. The van der Waals surface area contributed by atoms with Crippen LogP contribution in [0, 0.1) is 0 Å². The Morgan fingerprint density at radius 3 is 2.73 bits per heavy atom. The van der Waals surface area contributed by atoms with Crippen molar-refractivity contribution in [2.75, 3.05) is 0 Å². The van der Waals surface area contributed by atoms with E-state index in [0.29, 0.717) is 0 Å². The zero-order valence-electron chi connectivity index (χ0n) is 7.64. The van der Waals surface area contributed by atoms with Crippen LogP contribution in [-0.2, 0) is 0 Å². The number of hydrogen-bond donors (Lipinski definition) is 0. The fourth-order valence-corrected chi connectivity index (χ4v) is 0.864. The fourth-order valence-electron chi connectivity index (χ4n) is 0.864. The quantitative estimate of drug-likeness (QED) is 0.522. The molecule has 0 nitrogen and oxygen atoms in total. The molecule has 0 radical (unpaired) electrons. The summed E-state index contributed by atoms with van der Waals surface area (Å²) >= 11 is 0. The molecule has 0 spiro atoms. The second kappa shape index (κ2) is 7.33. The van der Waals surface area contributed by atoms with Gasteiger partial charge in [0.25, 0.3) is 0 Å². The van der Waals surface area contributed by atoms with Crippen molar-refractivity contribution in [1.29, 1.82) is 0 Å². The van der Waals surface area contributed by atoms with Gasteiger partial charge in [0.1, 0.15) is 0 Å². The average molecular weight is 150 g/mol. The van der Waals surface area contributed by atoms with Crippen LogP contribution in [0.4, 0.5) is 0 Å². The Balaban J connectivity index is 3.49. The van der Waals surface area contributed by atoms with E-state index in [2.05, 4.69) is 38.7 Å². The monoisotopic (exact) mass is 150 g/mol. The summed E-state index contributed by atoms with van der Waals surface area (Å²) in [4.78, 5) is 0. The lowest BCUT2D eigenvalue weighted by molar-refractivity contribution is 0.967. The third-order valence-corrected chi connectivity index (χ3v) is 1.57. The summed E-state index contributed by atoms with van der Waals surface area (Å²) < 4.78 is 0. The van der Waals surface area contributed by atoms with E-state index in [0.717, 1.165) is 12.8 Å². The van der Waals surface area contributed by atoms with Crippen LogP contribution in [0.2, 0.25) is 0 Å². The summed E-state index contributed by atoms with van der Waals surface area (Å²) in [5, 5.41) is 0. The summed E-state index contributed by atoms with van der Waals surface area (Å²) in [5.41, 5.74) is 1.46. The van der Waals surface area contributed by atoms with E-state index in [9.17, 15) is 0 Å². The van der Waals surface area contributed by atoms with Crippen molar-refractivity contribution < 1.29 is 0 Å². The fraction of sp³-hybridized carbons (Fsp3) is 0.455. The first-order valence-corrected chi connectivity index (χ1v) is 4.19. The molecule has 0 unspecified atom stereocenters. The minimum absolute atomic E-state index is 1.00. The summed E-state index contributed by atoms with van der Waals surface area (Å²) in [7, 11) is 0. The molecule has 0 aromatic rings. The van der Waals surface area contributed by atoms with Crippen LogP contribution in [0.25, 0.3) is 0 Å². The predicted octanol–water partition coefficient (Wildman–Crippen LogP) is 3.87. The van der Waals surface area contributed by atoms with Crippen molar-refractivity contribution >= 4 is 0 Å². The van der Waals surface area contributed by atoms with Crippen LogP contribution < -0.4 is 0 Å². The van der Waals surface area contributed by atoms with Gasteiger partial charge >= 0.3 is 0 Å². The maximum absolute atomic E-state index is 3.67. The van der Waals surface area contributed by atoms with Gasteiger partial charge in [0, 0.05) is 0 Å². The maximum atomic E-state index is 3.67. The van der Waals surface area contributed by atoms with Crippen molar-refractivity contribution in [2.45, 2.75) is 33.1 Å². The molecule has 0 aliphatic heterocycles. The van der Waals surface area contributed by atoms with Gasteiger partial charge in [-0.05, 0) is 33.1 Å². The van der Waals surface area contributed by atoms with E-state index in [1.165, 1.54) is 12.0 Å². The van der Waals surface area contributed by atoms with Gasteiger partial charge in [0.05, 0.1) is 0 Å². The maximum Gasteiger partial charge on any atom is -0.0169 e. The first kappa shape index (κ1) is 10.2. The molecule has 0 amide bonds. The van der Waals surface area contributed by atoms with Gasteiger partial charge in [0.2, 0.25) is 0 Å². The predicted molar refractivity (Wildman–Crippen MR) is 52.6 cm³/mol. The van der Waals surface area contributed by atoms with Crippen molar-refractivity contribution in [3.8, 4) is 0 Å². The van der Waals surface area contributed by atoms with Gasteiger partial charge in [-0.25, -0.2) is 0 Å². The molecular formula is C11H18. The van der Waals surface area contributed by atoms with Gasteiger partial charge < -0.3 is 0 Å². The molecule has 11 heavy (non-hydrogen) atoms. The zero-order valence-corrected chi connectivity index (χ0v) is 7.64. The molecule has 0 saturated carbocycles. The lowest BCUT2D eigenvalue weighted by atomic mass is 10.1. The number of hydrogen-bond acceptors (Lipinski definition) is 0. The SMILES string of the molecule is C=CC/C=C(\C)CC/C=C/C. The zero-order chi connectivity index (χ0) is 8.53. The molecule has 0 atom stereocenters. The Hall–Kier alpha value is -0.780. The van der Waals surface area contributed by atoms with Crippen molar-refractivity contribution in [2.24, 2.45) is 0 Å². The topological polar surface area (TPSA) is 0 Å². The van der Waals surface area contributed by atoms with Gasteiger partial charge in [0.15, 0.2) is 0 Å². The Kier molecular flexibility index (Phi) is 6.81. The van der Waals surface area contributed by atoms with E-state index >= 15 is 0 Å². The highest BCUT2D eigenvalue weighted by Gasteiger charge is 1.85. The van der Waals surface area contributed by atoms with Gasteiger partial charge in [-0.3, -0.25) is 0 Å². The van der Waals surface area contributed by atoms with Crippen LogP contribution in [0.5, 0.6) is 0 Å². The molecule has 0 aromatic carbocycles. The molecule has 0 saturated heterocycles. The Labute approximate surface area is 70.3 Å². The number of allylic oxidation sites excluding steroid dienone is 5. The molecule has 0 aliphatic carbocycles. The summed E-state index contributed by atoms with van der Waals surface area (Å²) in [5.74, 6) is 0. The van der Waals surface area contributed by atoms with Crippen molar-refractivity contribution in [1.82, 2.24) is 0 Å². The smallest absolute Gasteiger partial charge is 0.0169 e. The molecule has 0 fully saturated rings. The van der Waals surface area contributed by atoms with Crippen LogP contribution in [-0.4, -0.2) is 0 Å². The van der Waals surface area contributed by atoms with Crippen LogP contribution in [0.15, 0.2) is 36.5 Å². The van der Waals surface area contributed by atoms with Crippen molar-refractivity contribution in [3.05, 3.63) is 36.5 Å². The van der Waals surface area contributed by atoms with Gasteiger partial charge in [-0.1, -0.05) is 29.9 Å². The second-order valence-electron chi connectivity index (χ2n) is 2.68.